The molecule has 1 saturated heterocycles. The number of amides is 3. The summed E-state index contributed by atoms with van der Waals surface area (Å²) in [7, 11) is -0.496. The van der Waals surface area contributed by atoms with Crippen molar-refractivity contribution >= 4 is 33.7 Å². The fraction of sp³-hybridized carbons (Fsp3) is 0.500. The highest BCUT2D eigenvalue weighted by Gasteiger charge is 2.52. The van der Waals surface area contributed by atoms with E-state index in [2.05, 4.69) is 14.8 Å². The second-order valence-corrected chi connectivity index (χ2v) is 13.2. The second kappa shape index (κ2) is 9.14. The standard InChI is InChI=1S/C24H30N6O5S2/c1-14-9-25-18(15(2)20(14)35-5)13-30-22-17(8-19(36-22)37(33,34)27-24(3)6-7-24)21(31)29(23(30)32)12-16-10-26-28(4)11-16/h8-11,17,22,27H,6-7,12-13H2,1-5H3. The Morgan fingerprint density at radius 3 is 2.57 bits per heavy atom. The Balaban J connectivity index is 1.50. The summed E-state index contributed by atoms with van der Waals surface area (Å²) in [5.41, 5.74) is 2.50. The number of methoxy groups -OCH3 is 1. The van der Waals surface area contributed by atoms with Crippen LogP contribution >= 0.6 is 11.8 Å². The van der Waals surface area contributed by atoms with Gasteiger partial charge in [0.2, 0.25) is 15.9 Å². The molecule has 3 amide bonds. The van der Waals surface area contributed by atoms with Crippen LogP contribution in [0, 0.1) is 19.8 Å². The van der Waals surface area contributed by atoms with Crippen molar-refractivity contribution in [3.05, 3.63) is 51.3 Å². The minimum atomic E-state index is -3.83. The summed E-state index contributed by atoms with van der Waals surface area (Å²) in [5, 5.41) is 3.42. The van der Waals surface area contributed by atoms with E-state index < -0.39 is 38.8 Å². The summed E-state index contributed by atoms with van der Waals surface area (Å²) in [6, 6.07) is -0.502. The van der Waals surface area contributed by atoms with E-state index in [1.165, 1.54) is 15.9 Å². The van der Waals surface area contributed by atoms with Crippen LogP contribution in [0.4, 0.5) is 4.79 Å². The van der Waals surface area contributed by atoms with Crippen molar-refractivity contribution in [2.24, 2.45) is 13.0 Å². The molecule has 4 heterocycles. The first-order valence-corrected chi connectivity index (χ1v) is 14.3. The number of aromatic nitrogens is 3. The maximum absolute atomic E-state index is 13.8. The quantitative estimate of drug-likeness (QED) is 0.535. The molecule has 0 bridgehead atoms. The first-order valence-electron chi connectivity index (χ1n) is 11.9. The van der Waals surface area contributed by atoms with Crippen LogP contribution < -0.4 is 9.46 Å². The number of carbonyl (C=O) groups excluding carboxylic acids is 2. The molecule has 1 saturated carbocycles. The van der Waals surface area contributed by atoms with Gasteiger partial charge in [0.25, 0.3) is 0 Å². The molecule has 37 heavy (non-hydrogen) atoms. The van der Waals surface area contributed by atoms with Crippen molar-refractivity contribution < 1.29 is 22.7 Å². The molecule has 2 aliphatic heterocycles. The Morgan fingerprint density at radius 2 is 1.95 bits per heavy atom. The van der Waals surface area contributed by atoms with Crippen LogP contribution in [0.3, 0.4) is 0 Å². The van der Waals surface area contributed by atoms with Crippen LogP contribution in [0.25, 0.3) is 0 Å². The van der Waals surface area contributed by atoms with Gasteiger partial charge in [-0.1, -0.05) is 11.8 Å². The summed E-state index contributed by atoms with van der Waals surface area (Å²) in [6.07, 6.45) is 8.03. The summed E-state index contributed by atoms with van der Waals surface area (Å²) in [4.78, 5) is 34.6. The molecule has 5 rings (SSSR count). The van der Waals surface area contributed by atoms with Gasteiger partial charge in [0, 0.05) is 41.7 Å². The SMILES string of the molecule is COc1c(C)cnc(CN2C(=O)N(Cc3cnn(C)c3)C(=O)C3C=C(S(=O)(=O)NC4(C)CC4)SC32)c1C. The average molecular weight is 547 g/mol. The van der Waals surface area contributed by atoms with Gasteiger partial charge in [-0.3, -0.25) is 19.4 Å². The van der Waals surface area contributed by atoms with E-state index in [-0.39, 0.29) is 17.3 Å². The van der Waals surface area contributed by atoms with E-state index in [0.29, 0.717) is 17.0 Å². The number of urea groups is 1. The molecule has 13 heteroatoms. The number of fused-ring (bicyclic) bond motifs is 1. The lowest BCUT2D eigenvalue weighted by Gasteiger charge is -2.41. The second-order valence-electron chi connectivity index (χ2n) is 10.1. The van der Waals surface area contributed by atoms with Gasteiger partial charge in [-0.2, -0.15) is 5.10 Å². The fourth-order valence-corrected chi connectivity index (χ4v) is 8.00. The number of pyridine rings is 1. The van der Waals surface area contributed by atoms with Crippen molar-refractivity contribution in [2.45, 2.75) is 57.6 Å². The lowest BCUT2D eigenvalue weighted by atomic mass is 10.0. The number of imide groups is 1. The van der Waals surface area contributed by atoms with E-state index >= 15 is 0 Å². The predicted molar refractivity (Wildman–Crippen MR) is 138 cm³/mol. The third-order valence-electron chi connectivity index (χ3n) is 7.01. The van der Waals surface area contributed by atoms with Crippen LogP contribution in [-0.4, -0.2) is 62.9 Å². The normalized spacial score (nSPS) is 22.8. The molecule has 2 unspecified atom stereocenters. The van der Waals surface area contributed by atoms with Gasteiger partial charge in [0.1, 0.15) is 15.4 Å². The topological polar surface area (TPSA) is 127 Å². The van der Waals surface area contributed by atoms with Crippen LogP contribution in [0.1, 0.15) is 42.1 Å². The summed E-state index contributed by atoms with van der Waals surface area (Å²) >= 11 is 1.03. The monoisotopic (exact) mass is 546 g/mol. The smallest absolute Gasteiger partial charge is 0.328 e. The summed E-state index contributed by atoms with van der Waals surface area (Å²) in [6.45, 7) is 5.74. The number of aryl methyl sites for hydroxylation is 2. The van der Waals surface area contributed by atoms with E-state index in [9.17, 15) is 18.0 Å². The molecule has 198 valence electrons. The van der Waals surface area contributed by atoms with Crippen molar-refractivity contribution in [3.8, 4) is 5.75 Å². The van der Waals surface area contributed by atoms with E-state index in [0.717, 1.165) is 35.7 Å². The minimum Gasteiger partial charge on any atom is -0.496 e. The highest BCUT2D eigenvalue weighted by atomic mass is 32.3. The molecule has 2 aromatic rings. The van der Waals surface area contributed by atoms with Crippen molar-refractivity contribution in [3.63, 3.8) is 0 Å². The van der Waals surface area contributed by atoms with Gasteiger partial charge in [-0.15, -0.1) is 0 Å². The maximum atomic E-state index is 13.8. The molecule has 2 atom stereocenters. The van der Waals surface area contributed by atoms with Gasteiger partial charge < -0.3 is 9.64 Å². The zero-order valence-corrected chi connectivity index (χ0v) is 23.0. The number of ether oxygens (including phenoxy) is 1. The van der Waals surface area contributed by atoms with Gasteiger partial charge in [-0.25, -0.2) is 17.9 Å². The number of nitrogens with zero attached hydrogens (tertiary/aromatic N) is 5. The fourth-order valence-electron chi connectivity index (χ4n) is 4.70. The van der Waals surface area contributed by atoms with Crippen LogP contribution in [-0.2, 0) is 35.0 Å². The lowest BCUT2D eigenvalue weighted by Crippen LogP contribution is -2.58. The first kappa shape index (κ1) is 25.7. The lowest BCUT2D eigenvalue weighted by molar-refractivity contribution is -0.135. The van der Waals surface area contributed by atoms with E-state index in [1.54, 1.807) is 37.4 Å². The van der Waals surface area contributed by atoms with E-state index in [1.807, 2.05) is 20.8 Å². The first-order chi connectivity index (χ1) is 17.4. The molecule has 2 aromatic heterocycles. The number of rotatable bonds is 8. The summed E-state index contributed by atoms with van der Waals surface area (Å²) in [5.74, 6) is -0.571. The number of nitrogens with one attached hydrogen (secondary N) is 1. The van der Waals surface area contributed by atoms with Gasteiger partial charge in [0.15, 0.2) is 0 Å². The molecule has 2 fully saturated rings. The number of carbonyl (C=O) groups is 2. The molecule has 11 nitrogen and oxygen atoms in total. The highest BCUT2D eigenvalue weighted by Crippen LogP contribution is 2.47. The van der Waals surface area contributed by atoms with Gasteiger partial charge in [-0.05, 0) is 39.7 Å². The van der Waals surface area contributed by atoms with Crippen LogP contribution in [0.5, 0.6) is 5.75 Å². The number of thioether (sulfide) groups is 1. The summed E-state index contributed by atoms with van der Waals surface area (Å²) < 4.78 is 36.3. The number of hydrogen-bond acceptors (Lipinski definition) is 8. The predicted octanol–water partition coefficient (Wildman–Crippen LogP) is 2.41. The molecule has 1 N–H and O–H groups in total. The largest absolute Gasteiger partial charge is 0.496 e. The van der Waals surface area contributed by atoms with Gasteiger partial charge >= 0.3 is 6.03 Å². The Hall–Kier alpha value is -2.90. The molecular weight excluding hydrogens is 516 g/mol. The Morgan fingerprint density at radius 1 is 1.22 bits per heavy atom. The zero-order chi connectivity index (χ0) is 26.7. The Kier molecular flexibility index (Phi) is 6.35. The van der Waals surface area contributed by atoms with Crippen LogP contribution in [0.2, 0.25) is 0 Å². The maximum Gasteiger partial charge on any atom is 0.328 e. The Labute approximate surface area is 220 Å². The van der Waals surface area contributed by atoms with Crippen molar-refractivity contribution in [1.29, 1.82) is 0 Å². The highest BCUT2D eigenvalue weighted by molar-refractivity contribution is 8.18. The molecular formula is C24H30N6O5S2. The number of sulfonamides is 1. The van der Waals surface area contributed by atoms with E-state index in [4.69, 9.17) is 4.74 Å². The van der Waals surface area contributed by atoms with Crippen molar-refractivity contribution in [1.82, 2.24) is 29.3 Å². The molecule has 1 aliphatic carbocycles. The molecule has 0 aromatic carbocycles. The zero-order valence-electron chi connectivity index (χ0n) is 21.4. The Bertz CT molecular complexity index is 1410. The van der Waals surface area contributed by atoms with Crippen molar-refractivity contribution in [2.75, 3.05) is 7.11 Å². The molecule has 3 aliphatic rings. The third-order valence-corrected chi connectivity index (χ3v) is 10.5. The number of hydrogen-bond donors (Lipinski definition) is 1. The van der Waals surface area contributed by atoms with Gasteiger partial charge in [0.05, 0.1) is 38.0 Å². The third kappa shape index (κ3) is 4.75. The minimum absolute atomic E-state index is 0.0335. The molecule has 0 spiro atoms. The van der Waals surface area contributed by atoms with Crippen LogP contribution in [0.15, 0.2) is 28.9 Å². The average Bonchev–Trinajstić information content (AvgIpc) is 3.20. The molecule has 0 radical (unpaired) electrons.